The van der Waals surface area contributed by atoms with E-state index in [-0.39, 0.29) is 10.8 Å². The van der Waals surface area contributed by atoms with Crippen molar-refractivity contribution in [3.8, 4) is 5.75 Å². The summed E-state index contributed by atoms with van der Waals surface area (Å²) >= 11 is 0. The standard InChI is InChI=1S/C22H30N2O4S/c1-6-24(7-2)29(26,27)21-15-19(12-9-17(21)4)22(25)23(5)16-18-10-13-20(14-11-18)28-8-3/h9-15H,6-8,16H2,1-5H3. The molecular formula is C22H30N2O4S. The van der Waals surface area contributed by atoms with Crippen molar-refractivity contribution in [3.63, 3.8) is 0 Å². The van der Waals surface area contributed by atoms with Crippen LogP contribution in [0.25, 0.3) is 0 Å². The van der Waals surface area contributed by atoms with Crippen molar-refractivity contribution in [1.82, 2.24) is 9.21 Å². The van der Waals surface area contributed by atoms with E-state index in [0.717, 1.165) is 11.3 Å². The lowest BCUT2D eigenvalue weighted by Gasteiger charge is -2.21. The zero-order valence-corrected chi connectivity index (χ0v) is 18.6. The molecular weight excluding hydrogens is 388 g/mol. The molecule has 0 aliphatic rings. The van der Waals surface area contributed by atoms with Gasteiger partial charge in [-0.15, -0.1) is 0 Å². The van der Waals surface area contributed by atoms with Gasteiger partial charge in [-0.25, -0.2) is 8.42 Å². The quantitative estimate of drug-likeness (QED) is 0.623. The Bertz CT molecular complexity index is 936. The van der Waals surface area contributed by atoms with Gasteiger partial charge in [0.25, 0.3) is 5.91 Å². The van der Waals surface area contributed by atoms with Crippen LogP contribution >= 0.6 is 0 Å². The average molecular weight is 419 g/mol. The monoisotopic (exact) mass is 418 g/mol. The van der Waals surface area contributed by atoms with Gasteiger partial charge in [-0.05, 0) is 49.2 Å². The molecule has 0 radical (unpaired) electrons. The number of nitrogens with zero attached hydrogens (tertiary/aromatic N) is 2. The van der Waals surface area contributed by atoms with E-state index in [1.807, 2.05) is 31.2 Å². The maximum atomic E-state index is 12.9. The van der Waals surface area contributed by atoms with Gasteiger partial charge in [0.1, 0.15) is 5.75 Å². The number of ether oxygens (including phenoxy) is 1. The molecule has 0 saturated carbocycles. The fraction of sp³-hybridized carbons (Fsp3) is 0.409. The number of carbonyl (C=O) groups excluding carboxylic acids is 1. The largest absolute Gasteiger partial charge is 0.494 e. The maximum absolute atomic E-state index is 12.9. The molecule has 0 aliphatic heterocycles. The van der Waals surface area contributed by atoms with Gasteiger partial charge in [0.05, 0.1) is 11.5 Å². The summed E-state index contributed by atoms with van der Waals surface area (Å²) in [6.07, 6.45) is 0. The third kappa shape index (κ3) is 5.36. The van der Waals surface area contributed by atoms with Crippen LogP contribution in [0.4, 0.5) is 0 Å². The van der Waals surface area contributed by atoms with Crippen molar-refractivity contribution in [1.29, 1.82) is 0 Å². The number of rotatable bonds is 9. The number of aryl methyl sites for hydroxylation is 1. The fourth-order valence-electron chi connectivity index (χ4n) is 3.14. The SMILES string of the molecule is CCOc1ccc(CN(C)C(=O)c2ccc(C)c(S(=O)(=O)N(CC)CC)c2)cc1. The van der Waals surface area contributed by atoms with E-state index < -0.39 is 10.0 Å². The molecule has 0 unspecified atom stereocenters. The zero-order chi connectivity index (χ0) is 21.6. The van der Waals surface area contributed by atoms with Gasteiger partial charge in [-0.1, -0.05) is 32.0 Å². The van der Waals surface area contributed by atoms with E-state index >= 15 is 0 Å². The summed E-state index contributed by atoms with van der Waals surface area (Å²) in [5.74, 6) is 0.560. The van der Waals surface area contributed by atoms with Crippen LogP contribution in [-0.4, -0.2) is 50.3 Å². The Balaban J connectivity index is 2.24. The topological polar surface area (TPSA) is 66.9 Å². The minimum absolute atomic E-state index is 0.182. The highest BCUT2D eigenvalue weighted by molar-refractivity contribution is 7.89. The summed E-state index contributed by atoms with van der Waals surface area (Å²) in [5, 5.41) is 0. The Morgan fingerprint density at radius 2 is 1.62 bits per heavy atom. The Morgan fingerprint density at radius 1 is 1.00 bits per heavy atom. The lowest BCUT2D eigenvalue weighted by atomic mass is 10.1. The van der Waals surface area contributed by atoms with Crippen LogP contribution in [0.15, 0.2) is 47.4 Å². The van der Waals surface area contributed by atoms with E-state index in [9.17, 15) is 13.2 Å². The molecule has 0 fully saturated rings. The Hall–Kier alpha value is -2.38. The van der Waals surface area contributed by atoms with Crippen molar-refractivity contribution in [2.75, 3.05) is 26.7 Å². The maximum Gasteiger partial charge on any atom is 0.253 e. The fourth-order valence-corrected chi connectivity index (χ4v) is 4.85. The first-order valence-electron chi connectivity index (χ1n) is 9.82. The number of sulfonamides is 1. The highest BCUT2D eigenvalue weighted by atomic mass is 32.2. The molecule has 158 valence electrons. The normalized spacial score (nSPS) is 11.5. The summed E-state index contributed by atoms with van der Waals surface area (Å²) in [5.41, 5.74) is 1.95. The molecule has 0 bridgehead atoms. The van der Waals surface area contributed by atoms with E-state index in [1.54, 1.807) is 44.9 Å². The zero-order valence-electron chi connectivity index (χ0n) is 17.8. The molecule has 0 saturated heterocycles. The summed E-state index contributed by atoms with van der Waals surface area (Å²) in [6, 6.07) is 12.4. The molecule has 0 aromatic heterocycles. The molecule has 6 nitrogen and oxygen atoms in total. The van der Waals surface area contributed by atoms with Crippen LogP contribution in [0.3, 0.4) is 0 Å². The van der Waals surface area contributed by atoms with Crippen molar-refractivity contribution in [3.05, 3.63) is 59.2 Å². The van der Waals surface area contributed by atoms with Crippen LogP contribution in [-0.2, 0) is 16.6 Å². The van der Waals surface area contributed by atoms with Gasteiger partial charge in [-0.3, -0.25) is 4.79 Å². The average Bonchev–Trinajstić information content (AvgIpc) is 2.70. The third-order valence-corrected chi connectivity index (χ3v) is 6.95. The van der Waals surface area contributed by atoms with E-state index in [1.165, 1.54) is 10.4 Å². The van der Waals surface area contributed by atoms with Crippen molar-refractivity contribution >= 4 is 15.9 Å². The van der Waals surface area contributed by atoms with E-state index in [0.29, 0.717) is 37.4 Å². The minimum Gasteiger partial charge on any atom is -0.494 e. The Morgan fingerprint density at radius 3 is 2.17 bits per heavy atom. The number of amides is 1. The Kier molecular flexibility index (Phi) is 7.81. The highest BCUT2D eigenvalue weighted by Crippen LogP contribution is 2.22. The predicted molar refractivity (Wildman–Crippen MR) is 115 cm³/mol. The molecule has 0 aliphatic carbocycles. The predicted octanol–water partition coefficient (Wildman–Crippen LogP) is 3.70. The van der Waals surface area contributed by atoms with Gasteiger partial charge in [0, 0.05) is 32.2 Å². The third-order valence-electron chi connectivity index (χ3n) is 4.76. The van der Waals surface area contributed by atoms with Gasteiger partial charge in [0.2, 0.25) is 10.0 Å². The van der Waals surface area contributed by atoms with Gasteiger partial charge in [0.15, 0.2) is 0 Å². The lowest BCUT2D eigenvalue weighted by Crippen LogP contribution is -2.31. The van der Waals surface area contributed by atoms with Gasteiger partial charge in [-0.2, -0.15) is 4.31 Å². The summed E-state index contributed by atoms with van der Waals surface area (Å²) in [4.78, 5) is 14.7. The van der Waals surface area contributed by atoms with Crippen LogP contribution in [0.5, 0.6) is 5.75 Å². The summed E-state index contributed by atoms with van der Waals surface area (Å²) in [6.45, 7) is 9.06. The van der Waals surface area contributed by atoms with E-state index in [4.69, 9.17) is 4.74 Å². The smallest absolute Gasteiger partial charge is 0.253 e. The second kappa shape index (κ2) is 9.89. The van der Waals surface area contributed by atoms with Crippen LogP contribution < -0.4 is 4.74 Å². The number of benzene rings is 2. The summed E-state index contributed by atoms with van der Waals surface area (Å²) < 4.78 is 32.7. The van der Waals surface area contributed by atoms with Crippen LogP contribution in [0.1, 0.15) is 42.3 Å². The minimum atomic E-state index is -3.63. The molecule has 0 N–H and O–H groups in total. The number of hydrogen-bond acceptors (Lipinski definition) is 4. The molecule has 0 heterocycles. The molecule has 1 amide bonds. The highest BCUT2D eigenvalue weighted by Gasteiger charge is 2.25. The number of carbonyl (C=O) groups is 1. The first-order valence-corrected chi connectivity index (χ1v) is 11.3. The molecule has 2 aromatic rings. The molecule has 0 atom stereocenters. The van der Waals surface area contributed by atoms with Crippen LogP contribution in [0.2, 0.25) is 0 Å². The number of hydrogen-bond donors (Lipinski definition) is 0. The molecule has 29 heavy (non-hydrogen) atoms. The Labute approximate surface area is 174 Å². The molecule has 0 spiro atoms. The summed E-state index contributed by atoms with van der Waals surface area (Å²) in [7, 11) is -1.93. The van der Waals surface area contributed by atoms with Gasteiger partial charge < -0.3 is 9.64 Å². The van der Waals surface area contributed by atoms with E-state index in [2.05, 4.69) is 0 Å². The van der Waals surface area contributed by atoms with Crippen LogP contribution in [0, 0.1) is 6.92 Å². The van der Waals surface area contributed by atoms with Crippen molar-refractivity contribution < 1.29 is 17.9 Å². The second-order valence-corrected chi connectivity index (χ2v) is 8.71. The molecule has 2 rings (SSSR count). The molecule has 2 aromatic carbocycles. The van der Waals surface area contributed by atoms with Crippen molar-refractivity contribution in [2.24, 2.45) is 0 Å². The second-order valence-electron chi connectivity index (χ2n) is 6.81. The lowest BCUT2D eigenvalue weighted by molar-refractivity contribution is 0.0785. The first-order chi connectivity index (χ1) is 13.7. The first kappa shape index (κ1) is 22.9. The van der Waals surface area contributed by atoms with Crippen molar-refractivity contribution in [2.45, 2.75) is 39.1 Å². The van der Waals surface area contributed by atoms with Gasteiger partial charge >= 0.3 is 0 Å². The molecule has 7 heteroatoms.